The van der Waals surface area contributed by atoms with E-state index in [9.17, 15) is 0 Å². The third-order valence-corrected chi connectivity index (χ3v) is 5.14. The number of ether oxygens (including phenoxy) is 1. The standard InChI is InChI=1S/C14H15Br2NOS/c1-3-18-9-4-5-10(11(15)8-9)14(17-2)12-6-7-13(16)19-12/h4-8,14,17H,3H2,1-2H3. The lowest BCUT2D eigenvalue weighted by Gasteiger charge is -2.17. The van der Waals surface area contributed by atoms with Gasteiger partial charge in [-0.15, -0.1) is 11.3 Å². The lowest BCUT2D eigenvalue weighted by Crippen LogP contribution is -2.17. The van der Waals surface area contributed by atoms with Crippen molar-refractivity contribution >= 4 is 43.2 Å². The molecule has 0 fully saturated rings. The Labute approximate surface area is 134 Å². The average Bonchev–Trinajstić information content (AvgIpc) is 2.80. The molecule has 5 heteroatoms. The predicted octanol–water partition coefficient (Wildman–Crippen LogP) is 4.98. The largest absolute Gasteiger partial charge is 0.494 e. The third kappa shape index (κ3) is 3.60. The topological polar surface area (TPSA) is 21.3 Å². The summed E-state index contributed by atoms with van der Waals surface area (Å²) in [4.78, 5) is 1.28. The van der Waals surface area contributed by atoms with Crippen LogP contribution in [0.4, 0.5) is 0 Å². The van der Waals surface area contributed by atoms with Crippen LogP contribution in [0.2, 0.25) is 0 Å². The summed E-state index contributed by atoms with van der Waals surface area (Å²) >= 11 is 8.89. The third-order valence-electron chi connectivity index (χ3n) is 2.76. The highest BCUT2D eigenvalue weighted by Crippen LogP contribution is 2.35. The van der Waals surface area contributed by atoms with E-state index in [-0.39, 0.29) is 6.04 Å². The molecule has 0 saturated heterocycles. The van der Waals surface area contributed by atoms with Crippen molar-refractivity contribution in [3.63, 3.8) is 0 Å². The molecule has 2 nitrogen and oxygen atoms in total. The van der Waals surface area contributed by atoms with Crippen LogP contribution in [0.5, 0.6) is 5.75 Å². The summed E-state index contributed by atoms with van der Waals surface area (Å²) < 4.78 is 7.71. The van der Waals surface area contributed by atoms with Crippen molar-refractivity contribution in [2.45, 2.75) is 13.0 Å². The van der Waals surface area contributed by atoms with Crippen LogP contribution in [0.3, 0.4) is 0 Å². The van der Waals surface area contributed by atoms with Crippen molar-refractivity contribution in [3.05, 3.63) is 49.0 Å². The van der Waals surface area contributed by atoms with Gasteiger partial charge < -0.3 is 10.1 Å². The molecular weight excluding hydrogens is 390 g/mol. The highest BCUT2D eigenvalue weighted by atomic mass is 79.9. The van der Waals surface area contributed by atoms with Gasteiger partial charge in [0.25, 0.3) is 0 Å². The van der Waals surface area contributed by atoms with Crippen molar-refractivity contribution < 1.29 is 4.74 Å². The van der Waals surface area contributed by atoms with Gasteiger partial charge in [-0.2, -0.15) is 0 Å². The number of hydrogen-bond donors (Lipinski definition) is 1. The van der Waals surface area contributed by atoms with Gasteiger partial charge in [0.2, 0.25) is 0 Å². The van der Waals surface area contributed by atoms with E-state index in [4.69, 9.17) is 4.74 Å². The van der Waals surface area contributed by atoms with Crippen molar-refractivity contribution in [2.75, 3.05) is 13.7 Å². The molecule has 19 heavy (non-hydrogen) atoms. The molecule has 0 bridgehead atoms. The van der Waals surface area contributed by atoms with Crippen molar-refractivity contribution in [2.24, 2.45) is 0 Å². The van der Waals surface area contributed by atoms with Crippen LogP contribution in [0.15, 0.2) is 38.6 Å². The van der Waals surface area contributed by atoms with Crippen LogP contribution < -0.4 is 10.1 Å². The molecule has 1 N–H and O–H groups in total. The zero-order chi connectivity index (χ0) is 13.8. The summed E-state index contributed by atoms with van der Waals surface area (Å²) in [6, 6.07) is 10.5. The number of halogens is 2. The maximum absolute atomic E-state index is 5.51. The first-order valence-electron chi connectivity index (χ1n) is 6.00. The molecule has 1 heterocycles. The zero-order valence-corrected chi connectivity index (χ0v) is 14.7. The highest BCUT2D eigenvalue weighted by molar-refractivity contribution is 9.11. The Bertz CT molecular complexity index is 556. The lowest BCUT2D eigenvalue weighted by molar-refractivity contribution is 0.340. The first-order valence-corrected chi connectivity index (χ1v) is 8.40. The molecule has 0 aliphatic rings. The first-order chi connectivity index (χ1) is 9.15. The van der Waals surface area contributed by atoms with Gasteiger partial charge >= 0.3 is 0 Å². The van der Waals surface area contributed by atoms with E-state index in [1.54, 1.807) is 11.3 Å². The van der Waals surface area contributed by atoms with Crippen LogP contribution in [0, 0.1) is 0 Å². The minimum Gasteiger partial charge on any atom is -0.494 e. The smallest absolute Gasteiger partial charge is 0.120 e. The molecule has 2 rings (SSSR count). The Balaban J connectivity index is 2.33. The normalized spacial score (nSPS) is 12.4. The molecule has 0 spiro atoms. The minimum atomic E-state index is 0.182. The van der Waals surface area contributed by atoms with Crippen LogP contribution in [-0.4, -0.2) is 13.7 Å². The van der Waals surface area contributed by atoms with Crippen LogP contribution in [0.1, 0.15) is 23.4 Å². The summed E-state index contributed by atoms with van der Waals surface area (Å²) in [7, 11) is 1.97. The van der Waals surface area contributed by atoms with Gasteiger partial charge in [0, 0.05) is 9.35 Å². The quantitative estimate of drug-likeness (QED) is 0.758. The molecule has 1 aromatic carbocycles. The average molecular weight is 405 g/mol. The van der Waals surface area contributed by atoms with Gasteiger partial charge in [-0.3, -0.25) is 0 Å². The summed E-state index contributed by atoms with van der Waals surface area (Å²) in [5.74, 6) is 0.889. The van der Waals surface area contributed by atoms with Gasteiger partial charge in [-0.05, 0) is 59.7 Å². The number of rotatable bonds is 5. The molecule has 1 unspecified atom stereocenters. The van der Waals surface area contributed by atoms with Crippen molar-refractivity contribution in [1.82, 2.24) is 5.32 Å². The predicted molar refractivity (Wildman–Crippen MR) is 88.2 cm³/mol. The van der Waals surface area contributed by atoms with E-state index in [0.717, 1.165) is 14.0 Å². The van der Waals surface area contributed by atoms with E-state index in [1.165, 1.54) is 10.4 Å². The zero-order valence-electron chi connectivity index (χ0n) is 10.7. The van der Waals surface area contributed by atoms with E-state index < -0.39 is 0 Å². The van der Waals surface area contributed by atoms with Crippen molar-refractivity contribution in [3.8, 4) is 5.75 Å². The molecular formula is C14H15Br2NOS. The molecule has 0 radical (unpaired) electrons. The number of benzene rings is 1. The molecule has 0 aliphatic carbocycles. The first kappa shape index (κ1) is 15.0. The lowest BCUT2D eigenvalue weighted by atomic mass is 10.1. The molecule has 0 amide bonds. The molecule has 2 aromatic rings. The monoisotopic (exact) mass is 403 g/mol. The summed E-state index contributed by atoms with van der Waals surface area (Å²) in [6.07, 6.45) is 0. The van der Waals surface area contributed by atoms with Gasteiger partial charge in [0.05, 0.1) is 16.4 Å². The van der Waals surface area contributed by atoms with Gasteiger partial charge in [0.15, 0.2) is 0 Å². The SMILES string of the molecule is CCOc1ccc(C(NC)c2ccc(Br)s2)c(Br)c1. The summed E-state index contributed by atoms with van der Waals surface area (Å²) in [5.41, 5.74) is 1.21. The van der Waals surface area contributed by atoms with Crippen LogP contribution in [-0.2, 0) is 0 Å². The maximum Gasteiger partial charge on any atom is 0.120 e. The van der Waals surface area contributed by atoms with E-state index in [0.29, 0.717) is 6.61 Å². The molecule has 0 saturated carbocycles. The molecule has 1 atom stereocenters. The van der Waals surface area contributed by atoms with Crippen LogP contribution >= 0.6 is 43.2 Å². The van der Waals surface area contributed by atoms with Gasteiger partial charge in [-0.25, -0.2) is 0 Å². The fraction of sp³-hybridized carbons (Fsp3) is 0.286. The Morgan fingerprint density at radius 3 is 2.58 bits per heavy atom. The van der Waals surface area contributed by atoms with Crippen molar-refractivity contribution in [1.29, 1.82) is 0 Å². The molecule has 102 valence electrons. The second kappa shape index (κ2) is 6.88. The number of hydrogen-bond acceptors (Lipinski definition) is 3. The number of thiophene rings is 1. The molecule has 0 aliphatic heterocycles. The van der Waals surface area contributed by atoms with Gasteiger partial charge in [0.1, 0.15) is 5.75 Å². The molecule has 1 aromatic heterocycles. The Kier molecular flexibility index (Phi) is 5.45. The Morgan fingerprint density at radius 2 is 2.05 bits per heavy atom. The number of nitrogens with one attached hydrogen (secondary N) is 1. The Morgan fingerprint density at radius 1 is 1.26 bits per heavy atom. The van der Waals surface area contributed by atoms with E-state index >= 15 is 0 Å². The maximum atomic E-state index is 5.51. The fourth-order valence-corrected chi connectivity index (χ4v) is 4.07. The fourth-order valence-electron chi connectivity index (χ4n) is 1.93. The highest BCUT2D eigenvalue weighted by Gasteiger charge is 2.17. The summed E-state index contributed by atoms with van der Waals surface area (Å²) in [6.45, 7) is 2.67. The minimum absolute atomic E-state index is 0.182. The Hall–Kier alpha value is -0.360. The van der Waals surface area contributed by atoms with E-state index in [1.807, 2.05) is 26.1 Å². The van der Waals surface area contributed by atoms with E-state index in [2.05, 4.69) is 55.4 Å². The van der Waals surface area contributed by atoms with Crippen LogP contribution in [0.25, 0.3) is 0 Å². The second-order valence-corrected chi connectivity index (χ2v) is 7.33. The van der Waals surface area contributed by atoms with Gasteiger partial charge in [-0.1, -0.05) is 22.0 Å². The second-order valence-electron chi connectivity index (χ2n) is 3.98. The summed E-state index contributed by atoms with van der Waals surface area (Å²) in [5, 5.41) is 3.36.